The normalized spacial score (nSPS) is 12.3. The fourth-order valence-electron chi connectivity index (χ4n) is 2.74. The first kappa shape index (κ1) is 17.3. The Hall–Kier alpha value is -2.57. The molecular formula is C19H22N2O4. The number of hydrogen-bond acceptors (Lipinski definition) is 5. The molecule has 1 unspecified atom stereocenters. The summed E-state index contributed by atoms with van der Waals surface area (Å²) in [4.78, 5) is 4.32. The highest BCUT2D eigenvalue weighted by Gasteiger charge is 2.10. The molecule has 0 amide bonds. The third-order valence-corrected chi connectivity index (χ3v) is 3.99. The summed E-state index contributed by atoms with van der Waals surface area (Å²) in [5.41, 5.74) is 2.79. The topological polar surface area (TPSA) is 65.7 Å². The molecule has 1 heterocycles. The van der Waals surface area contributed by atoms with E-state index in [4.69, 9.17) is 14.2 Å². The zero-order valence-corrected chi connectivity index (χ0v) is 14.4. The smallest absolute Gasteiger partial charge is 0.124 e. The highest BCUT2D eigenvalue weighted by molar-refractivity contribution is 5.74. The SMILES string of the molecule is COc1ccc(OC)c(COCC(O)Cn2cnc3ccccc32)c1. The molecule has 1 N–H and O–H groups in total. The van der Waals surface area contributed by atoms with Crippen molar-refractivity contribution in [1.82, 2.24) is 9.55 Å². The highest BCUT2D eigenvalue weighted by Crippen LogP contribution is 2.24. The fourth-order valence-corrected chi connectivity index (χ4v) is 2.74. The van der Waals surface area contributed by atoms with Gasteiger partial charge in [0.1, 0.15) is 11.5 Å². The molecule has 6 nitrogen and oxygen atoms in total. The molecule has 1 atom stereocenters. The number of aliphatic hydroxyl groups excluding tert-OH is 1. The van der Waals surface area contributed by atoms with Gasteiger partial charge in [-0.15, -0.1) is 0 Å². The second-order valence-corrected chi connectivity index (χ2v) is 5.73. The van der Waals surface area contributed by atoms with Crippen molar-refractivity contribution in [1.29, 1.82) is 0 Å². The number of rotatable bonds is 8. The van der Waals surface area contributed by atoms with Crippen LogP contribution < -0.4 is 9.47 Å². The van der Waals surface area contributed by atoms with Gasteiger partial charge in [0.25, 0.3) is 0 Å². The molecule has 25 heavy (non-hydrogen) atoms. The van der Waals surface area contributed by atoms with Crippen molar-refractivity contribution in [3.63, 3.8) is 0 Å². The van der Waals surface area contributed by atoms with Gasteiger partial charge < -0.3 is 23.9 Å². The van der Waals surface area contributed by atoms with Crippen LogP contribution in [0, 0.1) is 0 Å². The summed E-state index contributed by atoms with van der Waals surface area (Å²) in [5.74, 6) is 1.47. The lowest BCUT2D eigenvalue weighted by molar-refractivity contribution is 0.0202. The monoisotopic (exact) mass is 342 g/mol. The Morgan fingerprint density at radius 3 is 2.76 bits per heavy atom. The van der Waals surface area contributed by atoms with Crippen molar-refractivity contribution in [2.24, 2.45) is 0 Å². The molecule has 0 aliphatic heterocycles. The minimum atomic E-state index is -0.630. The number of methoxy groups -OCH3 is 2. The van der Waals surface area contributed by atoms with Gasteiger partial charge in [0, 0.05) is 5.56 Å². The molecule has 0 bridgehead atoms. The van der Waals surface area contributed by atoms with E-state index in [0.717, 1.165) is 28.1 Å². The number of nitrogens with zero attached hydrogens (tertiary/aromatic N) is 2. The molecule has 0 aliphatic carbocycles. The zero-order chi connectivity index (χ0) is 17.6. The largest absolute Gasteiger partial charge is 0.497 e. The Bertz CT molecular complexity index is 831. The van der Waals surface area contributed by atoms with Crippen LogP contribution in [0.5, 0.6) is 11.5 Å². The van der Waals surface area contributed by atoms with Crippen molar-refractivity contribution in [2.75, 3.05) is 20.8 Å². The molecule has 0 saturated heterocycles. The number of ether oxygens (including phenoxy) is 3. The zero-order valence-electron chi connectivity index (χ0n) is 14.4. The first-order valence-corrected chi connectivity index (χ1v) is 8.08. The van der Waals surface area contributed by atoms with Crippen LogP contribution in [-0.4, -0.2) is 41.6 Å². The van der Waals surface area contributed by atoms with Crippen molar-refractivity contribution in [3.05, 3.63) is 54.4 Å². The maximum atomic E-state index is 10.3. The molecule has 0 saturated carbocycles. The van der Waals surface area contributed by atoms with Gasteiger partial charge in [-0.25, -0.2) is 4.98 Å². The molecule has 6 heteroatoms. The van der Waals surface area contributed by atoms with Gasteiger partial charge >= 0.3 is 0 Å². The Morgan fingerprint density at radius 2 is 1.96 bits per heavy atom. The number of imidazole rings is 1. The van der Waals surface area contributed by atoms with E-state index in [-0.39, 0.29) is 6.61 Å². The Kier molecular flexibility index (Phi) is 5.53. The lowest BCUT2D eigenvalue weighted by Gasteiger charge is -2.14. The van der Waals surface area contributed by atoms with Gasteiger partial charge in [0.15, 0.2) is 0 Å². The minimum Gasteiger partial charge on any atom is -0.497 e. The summed E-state index contributed by atoms with van der Waals surface area (Å²) < 4.78 is 18.1. The predicted molar refractivity (Wildman–Crippen MR) is 94.9 cm³/mol. The van der Waals surface area contributed by atoms with Crippen LogP contribution in [0.3, 0.4) is 0 Å². The number of aliphatic hydroxyl groups is 1. The summed E-state index contributed by atoms with van der Waals surface area (Å²) in [6, 6.07) is 13.4. The molecule has 0 spiro atoms. The quantitative estimate of drug-likeness (QED) is 0.682. The first-order chi connectivity index (χ1) is 12.2. The highest BCUT2D eigenvalue weighted by atomic mass is 16.5. The van der Waals surface area contributed by atoms with E-state index >= 15 is 0 Å². The van der Waals surface area contributed by atoms with Crippen molar-refractivity contribution in [3.8, 4) is 11.5 Å². The van der Waals surface area contributed by atoms with Crippen LogP contribution in [0.25, 0.3) is 11.0 Å². The van der Waals surface area contributed by atoms with E-state index in [9.17, 15) is 5.11 Å². The molecule has 3 aromatic rings. The fraction of sp³-hybridized carbons (Fsp3) is 0.316. The van der Waals surface area contributed by atoms with Gasteiger partial charge in [-0.1, -0.05) is 12.1 Å². The third kappa shape index (κ3) is 4.10. The predicted octanol–water partition coefficient (Wildman–Crippen LogP) is 2.63. The maximum Gasteiger partial charge on any atom is 0.124 e. The van der Waals surface area contributed by atoms with Gasteiger partial charge in [0.05, 0.1) is 57.4 Å². The average Bonchev–Trinajstić information content (AvgIpc) is 3.04. The Balaban J connectivity index is 1.57. The van der Waals surface area contributed by atoms with Crippen molar-refractivity contribution >= 4 is 11.0 Å². The lowest BCUT2D eigenvalue weighted by Crippen LogP contribution is -2.21. The summed E-state index contributed by atoms with van der Waals surface area (Å²) in [6.45, 7) is 0.977. The van der Waals surface area contributed by atoms with Crippen LogP contribution in [0.2, 0.25) is 0 Å². The van der Waals surface area contributed by atoms with Crippen molar-refractivity contribution < 1.29 is 19.3 Å². The summed E-state index contributed by atoms with van der Waals surface area (Å²) in [6.07, 6.45) is 1.10. The van der Waals surface area contributed by atoms with Gasteiger partial charge in [0.2, 0.25) is 0 Å². The molecule has 132 valence electrons. The molecule has 1 aromatic heterocycles. The minimum absolute atomic E-state index is 0.215. The van der Waals surface area contributed by atoms with Gasteiger partial charge in [-0.05, 0) is 30.3 Å². The Labute approximate surface area is 146 Å². The third-order valence-electron chi connectivity index (χ3n) is 3.99. The number of fused-ring (bicyclic) bond motifs is 1. The van der Waals surface area contributed by atoms with E-state index in [2.05, 4.69) is 4.98 Å². The second kappa shape index (κ2) is 8.00. The van der Waals surface area contributed by atoms with E-state index in [1.54, 1.807) is 20.5 Å². The number of para-hydroxylation sites is 2. The molecule has 0 aliphatic rings. The molecular weight excluding hydrogens is 320 g/mol. The van der Waals surface area contributed by atoms with Crippen molar-refractivity contribution in [2.45, 2.75) is 19.3 Å². The average molecular weight is 342 g/mol. The summed E-state index contributed by atoms with van der Waals surface area (Å²) in [5, 5.41) is 10.3. The molecule has 3 rings (SSSR count). The van der Waals surface area contributed by atoms with E-state index in [0.29, 0.717) is 13.2 Å². The first-order valence-electron chi connectivity index (χ1n) is 8.08. The van der Waals surface area contributed by atoms with E-state index < -0.39 is 6.10 Å². The van der Waals surface area contributed by atoms with Gasteiger partial charge in [-0.2, -0.15) is 0 Å². The number of aromatic nitrogens is 2. The van der Waals surface area contributed by atoms with Crippen LogP contribution in [-0.2, 0) is 17.9 Å². The Morgan fingerprint density at radius 1 is 1.12 bits per heavy atom. The molecule has 0 fully saturated rings. The van der Waals surface area contributed by atoms with Crippen LogP contribution in [0.1, 0.15) is 5.56 Å². The molecule has 0 radical (unpaired) electrons. The van der Waals surface area contributed by atoms with Crippen LogP contribution >= 0.6 is 0 Å². The number of benzene rings is 2. The lowest BCUT2D eigenvalue weighted by atomic mass is 10.2. The van der Waals surface area contributed by atoms with Gasteiger partial charge in [-0.3, -0.25) is 0 Å². The second-order valence-electron chi connectivity index (χ2n) is 5.73. The molecule has 2 aromatic carbocycles. The summed E-state index contributed by atoms with van der Waals surface area (Å²) >= 11 is 0. The van der Waals surface area contributed by atoms with Crippen LogP contribution in [0.4, 0.5) is 0 Å². The standard InChI is InChI=1S/C19H22N2O4/c1-23-16-7-8-19(24-2)14(9-16)11-25-12-15(22)10-21-13-20-17-5-3-4-6-18(17)21/h3-9,13,15,22H,10-12H2,1-2H3. The maximum absolute atomic E-state index is 10.3. The van der Waals surface area contributed by atoms with E-state index in [1.165, 1.54) is 0 Å². The summed E-state index contributed by atoms with van der Waals surface area (Å²) in [7, 11) is 3.23. The number of hydrogen-bond donors (Lipinski definition) is 1. The van der Waals surface area contributed by atoms with E-state index in [1.807, 2.05) is 47.0 Å². The van der Waals surface area contributed by atoms with Crippen LogP contribution in [0.15, 0.2) is 48.8 Å².